The van der Waals surface area contributed by atoms with Gasteiger partial charge in [0.05, 0.1) is 5.57 Å². The SMILES string of the molecule is CC1(C)CC[C@]2(NC(=O)C(C)(F)F)CC[C@]3(C)C(C(=O)C=C4[C@@]5(C)C=C(C#N)C(=O)[C@@](C)(O)C5CC[C@]43C)C2C1. The second-order valence-corrected chi connectivity index (χ2v) is 15.2. The maximum Gasteiger partial charge on any atom is 0.321 e. The number of hydrogen-bond acceptors (Lipinski definition) is 5. The number of halogens is 2. The zero-order valence-electron chi connectivity index (χ0n) is 24.7. The van der Waals surface area contributed by atoms with Crippen LogP contribution in [0, 0.1) is 50.7 Å². The molecule has 0 saturated heterocycles. The van der Waals surface area contributed by atoms with Crippen molar-refractivity contribution >= 4 is 17.5 Å². The van der Waals surface area contributed by atoms with Gasteiger partial charge in [0.1, 0.15) is 11.7 Å². The number of ketones is 2. The first-order chi connectivity index (χ1) is 18.2. The van der Waals surface area contributed by atoms with Gasteiger partial charge in [0.25, 0.3) is 5.91 Å². The van der Waals surface area contributed by atoms with Gasteiger partial charge in [-0.3, -0.25) is 14.4 Å². The number of nitrogens with one attached hydrogen (secondary N) is 1. The van der Waals surface area contributed by atoms with E-state index in [1.165, 1.54) is 6.92 Å². The van der Waals surface area contributed by atoms with Crippen molar-refractivity contribution in [1.82, 2.24) is 5.32 Å². The van der Waals surface area contributed by atoms with Gasteiger partial charge in [-0.1, -0.05) is 46.3 Å². The van der Waals surface area contributed by atoms with Gasteiger partial charge in [-0.15, -0.1) is 0 Å². The van der Waals surface area contributed by atoms with Crippen LogP contribution < -0.4 is 5.32 Å². The number of nitriles is 1. The molecule has 0 aromatic heterocycles. The zero-order chi connectivity index (χ0) is 29.9. The fourth-order valence-electron chi connectivity index (χ4n) is 9.87. The molecule has 1 amide bonds. The fraction of sp³-hybridized carbons (Fsp3) is 0.750. The second kappa shape index (κ2) is 8.33. The predicted octanol–water partition coefficient (Wildman–Crippen LogP) is 5.45. The lowest BCUT2D eigenvalue weighted by Gasteiger charge is -2.69. The van der Waals surface area contributed by atoms with Gasteiger partial charge in [-0.2, -0.15) is 14.0 Å². The van der Waals surface area contributed by atoms with E-state index in [4.69, 9.17) is 0 Å². The molecule has 0 bridgehead atoms. The number of rotatable bonds is 2. The number of carbonyl (C=O) groups excluding carboxylic acids is 3. The second-order valence-electron chi connectivity index (χ2n) is 15.2. The number of hydrogen-bond donors (Lipinski definition) is 2. The summed E-state index contributed by atoms with van der Waals surface area (Å²) in [4.78, 5) is 40.0. The lowest BCUT2D eigenvalue weighted by atomic mass is 9.35. The van der Waals surface area contributed by atoms with Gasteiger partial charge in [0.2, 0.25) is 5.78 Å². The third kappa shape index (κ3) is 3.68. The Morgan fingerprint density at radius 1 is 1.07 bits per heavy atom. The molecular weight excluding hydrogens is 514 g/mol. The van der Waals surface area contributed by atoms with E-state index in [-0.39, 0.29) is 22.7 Å². The van der Waals surface area contributed by atoms with Crippen molar-refractivity contribution in [3.05, 3.63) is 23.3 Å². The van der Waals surface area contributed by atoms with Crippen LogP contribution in [0.2, 0.25) is 0 Å². The molecule has 8 atom stereocenters. The Bertz CT molecular complexity index is 1300. The van der Waals surface area contributed by atoms with E-state index < -0.39 is 56.8 Å². The highest BCUT2D eigenvalue weighted by molar-refractivity contribution is 6.06. The number of allylic oxidation sites excluding steroid dienone is 3. The third-order valence-electron chi connectivity index (χ3n) is 12.3. The molecule has 8 heteroatoms. The number of carbonyl (C=O) groups is 3. The fourth-order valence-corrected chi connectivity index (χ4v) is 9.87. The monoisotopic (exact) mass is 556 g/mol. The molecule has 2 N–H and O–H groups in total. The molecule has 0 spiro atoms. The highest BCUT2D eigenvalue weighted by Gasteiger charge is 2.70. The van der Waals surface area contributed by atoms with Crippen LogP contribution in [0.3, 0.4) is 0 Å². The Balaban J connectivity index is 1.67. The summed E-state index contributed by atoms with van der Waals surface area (Å²) >= 11 is 0. The Labute approximate surface area is 235 Å². The van der Waals surface area contributed by atoms with Crippen LogP contribution in [0.25, 0.3) is 0 Å². The van der Waals surface area contributed by atoms with Crippen molar-refractivity contribution in [2.24, 2.45) is 39.4 Å². The number of aliphatic hydroxyl groups is 1. The largest absolute Gasteiger partial charge is 0.382 e. The van der Waals surface area contributed by atoms with Gasteiger partial charge >= 0.3 is 5.92 Å². The first-order valence-electron chi connectivity index (χ1n) is 14.6. The lowest BCUT2D eigenvalue weighted by Crippen LogP contribution is -2.70. The minimum atomic E-state index is -3.52. The molecule has 3 fully saturated rings. The number of amides is 1. The van der Waals surface area contributed by atoms with Crippen molar-refractivity contribution in [3.8, 4) is 6.07 Å². The van der Waals surface area contributed by atoms with Crippen molar-refractivity contribution in [2.75, 3.05) is 0 Å². The zero-order valence-corrected chi connectivity index (χ0v) is 24.7. The molecule has 0 aliphatic heterocycles. The minimum absolute atomic E-state index is 0.0893. The van der Waals surface area contributed by atoms with Crippen LogP contribution in [-0.4, -0.2) is 39.6 Å². The molecule has 5 rings (SSSR count). The summed E-state index contributed by atoms with van der Waals surface area (Å²) in [7, 11) is 0. The molecule has 0 heterocycles. The average molecular weight is 557 g/mol. The van der Waals surface area contributed by atoms with Gasteiger partial charge < -0.3 is 10.4 Å². The molecule has 218 valence electrons. The Morgan fingerprint density at radius 2 is 1.70 bits per heavy atom. The standard InChI is InChI=1S/C32H42F2N2O4/c1-26(2)10-12-32(36-25(39)31(7,33)34)13-11-29(5)23(19(32)16-26)20(37)14-22-27(3)15-18(17-35)24(38)30(6,40)21(27)8-9-28(22,29)4/h14-15,19,21,23,40H,8-13,16H2,1-7H3,(H,36,39)/t19?,21?,23?,27-,28+,29+,30-,32-/m0/s1. The normalized spacial score (nSPS) is 46.0. The van der Waals surface area contributed by atoms with Crippen LogP contribution in [0.15, 0.2) is 23.3 Å². The summed E-state index contributed by atoms with van der Waals surface area (Å²) < 4.78 is 28.3. The summed E-state index contributed by atoms with van der Waals surface area (Å²) in [5.74, 6) is -6.76. The summed E-state index contributed by atoms with van der Waals surface area (Å²) in [5.41, 5.74) is -3.91. The summed E-state index contributed by atoms with van der Waals surface area (Å²) in [6.45, 7) is 12.6. The molecule has 0 aromatic rings. The third-order valence-corrected chi connectivity index (χ3v) is 12.3. The number of fused-ring (bicyclic) bond motifs is 7. The van der Waals surface area contributed by atoms with Crippen LogP contribution in [0.4, 0.5) is 8.78 Å². The Kier molecular flexibility index (Phi) is 6.06. The number of alkyl halides is 2. The van der Waals surface area contributed by atoms with Crippen LogP contribution >= 0.6 is 0 Å². The van der Waals surface area contributed by atoms with E-state index >= 15 is 0 Å². The molecule has 0 aromatic carbocycles. The van der Waals surface area contributed by atoms with Crippen molar-refractivity contribution in [1.29, 1.82) is 5.26 Å². The molecule has 40 heavy (non-hydrogen) atoms. The van der Waals surface area contributed by atoms with E-state index in [0.29, 0.717) is 45.4 Å². The Hall–Kier alpha value is -2.40. The molecule has 0 radical (unpaired) electrons. The molecule has 5 aliphatic rings. The van der Waals surface area contributed by atoms with E-state index in [1.54, 1.807) is 12.2 Å². The van der Waals surface area contributed by atoms with Crippen LogP contribution in [-0.2, 0) is 14.4 Å². The smallest absolute Gasteiger partial charge is 0.321 e. The summed E-state index contributed by atoms with van der Waals surface area (Å²) in [5, 5.41) is 23.9. The van der Waals surface area contributed by atoms with E-state index in [9.17, 15) is 33.5 Å². The average Bonchev–Trinajstić information content (AvgIpc) is 2.83. The van der Waals surface area contributed by atoms with Gasteiger partial charge in [0.15, 0.2) is 5.78 Å². The lowest BCUT2D eigenvalue weighted by molar-refractivity contribution is -0.172. The predicted molar refractivity (Wildman–Crippen MR) is 145 cm³/mol. The molecular formula is C32H42F2N2O4. The maximum absolute atomic E-state index is 14.4. The quantitative estimate of drug-likeness (QED) is 0.470. The first kappa shape index (κ1) is 29.1. The van der Waals surface area contributed by atoms with Crippen LogP contribution in [0.1, 0.15) is 93.4 Å². The highest BCUT2D eigenvalue weighted by Crippen LogP contribution is 2.72. The van der Waals surface area contributed by atoms with Crippen molar-refractivity contribution in [3.63, 3.8) is 0 Å². The van der Waals surface area contributed by atoms with Crippen LogP contribution in [0.5, 0.6) is 0 Å². The first-order valence-corrected chi connectivity index (χ1v) is 14.6. The summed E-state index contributed by atoms with van der Waals surface area (Å²) in [6, 6.07) is 1.97. The topological polar surface area (TPSA) is 107 Å². The Morgan fingerprint density at radius 3 is 2.30 bits per heavy atom. The summed E-state index contributed by atoms with van der Waals surface area (Å²) in [6.07, 6.45) is 7.52. The van der Waals surface area contributed by atoms with E-state index in [0.717, 1.165) is 12.0 Å². The van der Waals surface area contributed by atoms with E-state index in [2.05, 4.69) is 33.0 Å². The number of Topliss-reactive ketones (excluding diaryl/α,β-unsaturated/α-hetero) is 1. The van der Waals surface area contributed by atoms with Gasteiger partial charge in [-0.05, 0) is 80.1 Å². The van der Waals surface area contributed by atoms with Crippen molar-refractivity contribution in [2.45, 2.75) is 110 Å². The maximum atomic E-state index is 14.4. The highest BCUT2D eigenvalue weighted by atomic mass is 19.3. The molecule has 6 nitrogen and oxygen atoms in total. The molecule has 3 saturated carbocycles. The van der Waals surface area contributed by atoms with Gasteiger partial charge in [-0.25, -0.2) is 0 Å². The molecule has 3 unspecified atom stereocenters. The minimum Gasteiger partial charge on any atom is -0.382 e. The van der Waals surface area contributed by atoms with E-state index in [1.807, 2.05) is 13.0 Å². The molecule has 5 aliphatic carbocycles. The van der Waals surface area contributed by atoms with Gasteiger partial charge in [0, 0.05) is 29.7 Å². The number of nitrogens with zero attached hydrogens (tertiary/aromatic N) is 1. The van der Waals surface area contributed by atoms with Crippen molar-refractivity contribution < 1.29 is 28.3 Å².